The molecule has 3 aromatic rings. The fraction of sp³-hybridized carbons (Fsp3) is 0.286. The second-order valence-corrected chi connectivity index (χ2v) is 6.75. The largest absolute Gasteiger partial charge is 0.497 e. The van der Waals surface area contributed by atoms with E-state index in [4.69, 9.17) is 4.74 Å². The van der Waals surface area contributed by atoms with E-state index >= 15 is 0 Å². The zero-order valence-electron chi connectivity index (χ0n) is 15.3. The Bertz CT molecular complexity index is 945. The van der Waals surface area contributed by atoms with Crippen molar-refractivity contribution in [3.05, 3.63) is 60.3 Å². The lowest BCUT2D eigenvalue weighted by Gasteiger charge is -2.38. The van der Waals surface area contributed by atoms with E-state index in [0.29, 0.717) is 13.1 Å². The summed E-state index contributed by atoms with van der Waals surface area (Å²) >= 11 is 0. The maximum atomic E-state index is 12.1. The Hall–Kier alpha value is -2.99. The zero-order chi connectivity index (χ0) is 18.8. The normalized spacial score (nSPS) is 16.4. The van der Waals surface area contributed by atoms with Gasteiger partial charge in [-0.2, -0.15) is 0 Å². The first-order valence-corrected chi connectivity index (χ1v) is 9.09. The van der Waals surface area contributed by atoms with Crippen molar-refractivity contribution in [3.8, 4) is 5.75 Å². The molecule has 0 amide bonds. The zero-order valence-corrected chi connectivity index (χ0v) is 15.3. The molecule has 0 bridgehead atoms. The van der Waals surface area contributed by atoms with E-state index < -0.39 is 12.0 Å². The minimum absolute atomic E-state index is 0.645. The number of para-hydroxylation sites is 1. The van der Waals surface area contributed by atoms with Gasteiger partial charge in [0.05, 0.1) is 7.11 Å². The Morgan fingerprint density at radius 3 is 2.63 bits per heavy atom. The second-order valence-electron chi connectivity index (χ2n) is 6.75. The van der Waals surface area contributed by atoms with Crippen LogP contribution >= 0.6 is 0 Å². The Labute approximate surface area is 158 Å². The topological polar surface area (TPSA) is 68.8 Å². The Morgan fingerprint density at radius 1 is 1.11 bits per heavy atom. The summed E-state index contributed by atoms with van der Waals surface area (Å²) in [6.45, 7) is 2.93. The number of rotatable bonds is 5. The molecule has 2 N–H and O–H groups in total. The lowest BCUT2D eigenvalue weighted by Crippen LogP contribution is -2.49. The van der Waals surface area contributed by atoms with Crippen LogP contribution in [0, 0.1) is 0 Å². The molecule has 1 atom stereocenters. The highest BCUT2D eigenvalue weighted by Crippen LogP contribution is 2.30. The number of ether oxygens (including phenoxy) is 1. The van der Waals surface area contributed by atoms with Gasteiger partial charge in [-0.1, -0.05) is 24.3 Å². The molecule has 0 aliphatic carbocycles. The van der Waals surface area contributed by atoms with Gasteiger partial charge in [0, 0.05) is 60.6 Å². The minimum atomic E-state index is -0.811. The van der Waals surface area contributed by atoms with Gasteiger partial charge in [0.15, 0.2) is 0 Å². The van der Waals surface area contributed by atoms with E-state index in [1.165, 1.54) is 0 Å². The quantitative estimate of drug-likeness (QED) is 0.727. The molecule has 0 spiro atoms. The molecule has 0 radical (unpaired) electrons. The number of fused-ring (bicyclic) bond motifs is 1. The van der Waals surface area contributed by atoms with Gasteiger partial charge < -0.3 is 19.7 Å². The minimum Gasteiger partial charge on any atom is -0.497 e. The van der Waals surface area contributed by atoms with E-state index in [9.17, 15) is 9.90 Å². The number of benzene rings is 2. The summed E-state index contributed by atoms with van der Waals surface area (Å²) in [6, 6.07) is 15.2. The summed E-state index contributed by atoms with van der Waals surface area (Å²) < 4.78 is 5.31. The summed E-state index contributed by atoms with van der Waals surface area (Å²) in [5.74, 6) is 0.0201. The SMILES string of the molecule is COc1cccc(N2CCN(C(C(=O)O)c3c[nH]c4ccccc34)CC2)c1. The lowest BCUT2D eigenvalue weighted by molar-refractivity contribution is -0.143. The predicted molar refractivity (Wildman–Crippen MR) is 105 cm³/mol. The van der Waals surface area contributed by atoms with E-state index in [1.54, 1.807) is 7.11 Å². The lowest BCUT2D eigenvalue weighted by atomic mass is 10.0. The number of aromatic nitrogens is 1. The Morgan fingerprint density at radius 2 is 1.89 bits per heavy atom. The molecule has 1 aliphatic rings. The highest BCUT2D eigenvalue weighted by molar-refractivity contribution is 5.89. The molecule has 27 heavy (non-hydrogen) atoms. The first kappa shape index (κ1) is 17.4. The maximum Gasteiger partial charge on any atom is 0.325 e. The smallest absolute Gasteiger partial charge is 0.325 e. The first-order chi connectivity index (χ1) is 13.2. The first-order valence-electron chi connectivity index (χ1n) is 9.09. The van der Waals surface area contributed by atoms with E-state index in [0.717, 1.165) is 41.0 Å². The molecular formula is C21H23N3O3. The van der Waals surface area contributed by atoms with Crippen molar-refractivity contribution in [1.29, 1.82) is 0 Å². The van der Waals surface area contributed by atoms with Crippen LogP contribution in [0.4, 0.5) is 5.69 Å². The van der Waals surface area contributed by atoms with Crippen LogP contribution in [-0.4, -0.2) is 54.2 Å². The van der Waals surface area contributed by atoms with Crippen LogP contribution in [0.5, 0.6) is 5.75 Å². The van der Waals surface area contributed by atoms with Crippen LogP contribution in [0.3, 0.4) is 0 Å². The molecular weight excluding hydrogens is 342 g/mol. The van der Waals surface area contributed by atoms with Gasteiger partial charge in [0.1, 0.15) is 11.8 Å². The fourth-order valence-electron chi connectivity index (χ4n) is 3.85. The molecule has 1 aliphatic heterocycles. The van der Waals surface area contributed by atoms with E-state index in [-0.39, 0.29) is 0 Å². The number of carboxylic acids is 1. The molecule has 140 valence electrons. The monoisotopic (exact) mass is 365 g/mol. The van der Waals surface area contributed by atoms with Crippen molar-refractivity contribution in [2.45, 2.75) is 6.04 Å². The van der Waals surface area contributed by atoms with Crippen molar-refractivity contribution >= 4 is 22.6 Å². The van der Waals surface area contributed by atoms with Gasteiger partial charge in [0.25, 0.3) is 0 Å². The maximum absolute atomic E-state index is 12.1. The number of carboxylic acid groups (broad SMARTS) is 1. The molecule has 0 saturated carbocycles. The summed E-state index contributed by atoms with van der Waals surface area (Å²) in [5.41, 5.74) is 2.90. The molecule has 6 heteroatoms. The summed E-state index contributed by atoms with van der Waals surface area (Å²) in [7, 11) is 1.66. The number of hydrogen-bond acceptors (Lipinski definition) is 4. The fourth-order valence-corrected chi connectivity index (χ4v) is 3.85. The van der Waals surface area contributed by atoms with E-state index in [1.807, 2.05) is 48.7 Å². The highest BCUT2D eigenvalue weighted by Gasteiger charge is 2.32. The van der Waals surface area contributed by atoms with Crippen LogP contribution < -0.4 is 9.64 Å². The summed E-state index contributed by atoms with van der Waals surface area (Å²) in [4.78, 5) is 19.6. The number of anilines is 1. The van der Waals surface area contributed by atoms with Crippen molar-refractivity contribution in [2.24, 2.45) is 0 Å². The van der Waals surface area contributed by atoms with Crippen LogP contribution in [0.25, 0.3) is 10.9 Å². The third-order valence-electron chi connectivity index (χ3n) is 5.25. The van der Waals surface area contributed by atoms with Gasteiger partial charge in [0.2, 0.25) is 0 Å². The average molecular weight is 365 g/mol. The second kappa shape index (κ2) is 7.32. The van der Waals surface area contributed by atoms with Crippen LogP contribution in [0.2, 0.25) is 0 Å². The van der Waals surface area contributed by atoms with Crippen molar-refractivity contribution < 1.29 is 14.6 Å². The van der Waals surface area contributed by atoms with Gasteiger partial charge in [-0.3, -0.25) is 9.69 Å². The van der Waals surface area contributed by atoms with Crippen molar-refractivity contribution in [3.63, 3.8) is 0 Å². The van der Waals surface area contributed by atoms with E-state index in [2.05, 4.69) is 20.9 Å². The summed E-state index contributed by atoms with van der Waals surface area (Å²) in [6.07, 6.45) is 1.83. The number of methoxy groups -OCH3 is 1. The number of aromatic amines is 1. The number of nitrogens with one attached hydrogen (secondary N) is 1. The molecule has 1 saturated heterocycles. The molecule has 6 nitrogen and oxygen atoms in total. The average Bonchev–Trinajstić information content (AvgIpc) is 3.12. The Kier molecular flexibility index (Phi) is 4.73. The molecule has 1 unspecified atom stereocenters. The molecule has 1 aromatic heterocycles. The van der Waals surface area contributed by atoms with Gasteiger partial charge >= 0.3 is 5.97 Å². The van der Waals surface area contributed by atoms with Crippen molar-refractivity contribution in [2.75, 3.05) is 38.2 Å². The standard InChI is InChI=1S/C21H23N3O3/c1-27-16-6-4-5-15(13-16)23-9-11-24(12-10-23)20(21(25)26)18-14-22-19-8-3-2-7-17(18)19/h2-8,13-14,20,22H,9-12H2,1H3,(H,25,26). The summed E-state index contributed by atoms with van der Waals surface area (Å²) in [5, 5.41) is 10.9. The van der Waals surface area contributed by atoms with Gasteiger partial charge in [-0.25, -0.2) is 0 Å². The molecule has 2 aromatic carbocycles. The predicted octanol–water partition coefficient (Wildman–Crippen LogP) is 3.12. The molecule has 1 fully saturated rings. The number of H-pyrrole nitrogens is 1. The molecule has 4 rings (SSSR count). The van der Waals surface area contributed by atoms with Crippen LogP contribution in [-0.2, 0) is 4.79 Å². The highest BCUT2D eigenvalue weighted by atomic mass is 16.5. The molecule has 2 heterocycles. The van der Waals surface area contributed by atoms with Crippen LogP contribution in [0.15, 0.2) is 54.7 Å². The van der Waals surface area contributed by atoms with Gasteiger partial charge in [-0.05, 0) is 18.2 Å². The Balaban J connectivity index is 1.53. The third kappa shape index (κ3) is 3.36. The van der Waals surface area contributed by atoms with Gasteiger partial charge in [-0.15, -0.1) is 0 Å². The third-order valence-corrected chi connectivity index (χ3v) is 5.25. The number of hydrogen-bond donors (Lipinski definition) is 2. The number of piperazine rings is 1. The number of carbonyl (C=O) groups is 1. The number of aliphatic carboxylic acids is 1. The van der Waals surface area contributed by atoms with Crippen LogP contribution in [0.1, 0.15) is 11.6 Å². The van der Waals surface area contributed by atoms with Crippen molar-refractivity contribution in [1.82, 2.24) is 9.88 Å². The number of nitrogens with zero attached hydrogens (tertiary/aromatic N) is 2.